The number of hydrogen-bond acceptors (Lipinski definition) is 3. The van der Waals surface area contributed by atoms with Crippen molar-refractivity contribution in [1.29, 1.82) is 0 Å². The summed E-state index contributed by atoms with van der Waals surface area (Å²) in [6.45, 7) is 2.94. The zero-order valence-corrected chi connectivity index (χ0v) is 13.5. The number of para-hydroxylation sites is 1. The van der Waals surface area contributed by atoms with Gasteiger partial charge in [0.1, 0.15) is 5.84 Å². The monoisotopic (exact) mass is 308 g/mol. The maximum atomic E-state index is 12.0. The van der Waals surface area contributed by atoms with E-state index >= 15 is 0 Å². The Morgan fingerprint density at radius 1 is 1.17 bits per heavy atom. The summed E-state index contributed by atoms with van der Waals surface area (Å²) in [5, 5.41) is 0. The molecule has 1 fully saturated rings. The molecule has 1 aliphatic heterocycles. The van der Waals surface area contributed by atoms with E-state index in [0.29, 0.717) is 11.3 Å². The Bertz CT molecular complexity index is 738. The summed E-state index contributed by atoms with van der Waals surface area (Å²) in [4.78, 5) is 19.0. The summed E-state index contributed by atoms with van der Waals surface area (Å²) in [5.41, 5.74) is 3.39. The first kappa shape index (κ1) is 15.3. The number of carbonyl (C=O) groups excluding carboxylic acids is 1. The molecule has 0 saturated carbocycles. The molecule has 0 unspecified atom stereocenters. The van der Waals surface area contributed by atoms with Crippen LogP contribution >= 0.6 is 0 Å². The highest BCUT2D eigenvalue weighted by atomic mass is 16.5. The molecule has 1 heterocycles. The fourth-order valence-electron chi connectivity index (χ4n) is 2.82. The van der Waals surface area contributed by atoms with E-state index in [0.717, 1.165) is 36.5 Å². The van der Waals surface area contributed by atoms with E-state index in [1.54, 1.807) is 6.07 Å². The van der Waals surface area contributed by atoms with E-state index < -0.39 is 0 Å². The Balaban J connectivity index is 2.00. The predicted molar refractivity (Wildman–Crippen MR) is 92.6 cm³/mol. The van der Waals surface area contributed by atoms with Crippen LogP contribution < -0.4 is 4.90 Å². The summed E-state index contributed by atoms with van der Waals surface area (Å²) in [5.74, 6) is 0.639. The highest BCUT2D eigenvalue weighted by Crippen LogP contribution is 2.27. The molecule has 23 heavy (non-hydrogen) atoms. The van der Waals surface area contributed by atoms with Crippen molar-refractivity contribution < 1.29 is 9.53 Å². The molecule has 0 N–H and O–H groups in total. The van der Waals surface area contributed by atoms with Crippen molar-refractivity contribution in [2.75, 3.05) is 18.6 Å². The number of anilines is 1. The van der Waals surface area contributed by atoms with Gasteiger partial charge < -0.3 is 9.64 Å². The van der Waals surface area contributed by atoms with E-state index in [9.17, 15) is 4.79 Å². The molecular formula is C19H20N2O2. The molecule has 1 aliphatic rings. The predicted octanol–water partition coefficient (Wildman–Crippen LogP) is 4.11. The van der Waals surface area contributed by atoms with Crippen LogP contribution in [0.5, 0.6) is 0 Å². The number of ether oxygens (including phenoxy) is 1. The molecule has 0 radical (unpaired) electrons. The maximum Gasteiger partial charge on any atom is 0.340 e. The molecule has 4 nitrogen and oxygen atoms in total. The second-order valence-corrected chi connectivity index (χ2v) is 5.63. The Morgan fingerprint density at radius 3 is 2.70 bits per heavy atom. The third kappa shape index (κ3) is 3.26. The molecule has 0 amide bonds. The minimum absolute atomic E-state index is 0.353. The number of amidine groups is 1. The highest BCUT2D eigenvalue weighted by molar-refractivity contribution is 6.03. The quantitative estimate of drug-likeness (QED) is 0.801. The van der Waals surface area contributed by atoms with Crippen LogP contribution in [-0.4, -0.2) is 25.5 Å². The van der Waals surface area contributed by atoms with Crippen LogP contribution in [0.1, 0.15) is 28.8 Å². The Hall–Kier alpha value is -2.62. The topological polar surface area (TPSA) is 41.9 Å². The molecule has 0 bridgehead atoms. The van der Waals surface area contributed by atoms with Crippen LogP contribution in [0.4, 0.5) is 11.4 Å². The molecule has 0 aliphatic carbocycles. The zero-order valence-electron chi connectivity index (χ0n) is 13.5. The largest absolute Gasteiger partial charge is 0.465 e. The zero-order chi connectivity index (χ0) is 16.2. The van der Waals surface area contributed by atoms with Gasteiger partial charge >= 0.3 is 5.97 Å². The normalized spacial score (nSPS) is 15.9. The van der Waals surface area contributed by atoms with Crippen LogP contribution in [0, 0.1) is 6.92 Å². The lowest BCUT2D eigenvalue weighted by atomic mass is 10.1. The lowest BCUT2D eigenvalue weighted by Crippen LogP contribution is -2.23. The van der Waals surface area contributed by atoms with Crippen LogP contribution in [0.25, 0.3) is 0 Å². The van der Waals surface area contributed by atoms with Crippen molar-refractivity contribution in [3.05, 3.63) is 59.7 Å². The number of aryl methyl sites for hydroxylation is 1. The number of methoxy groups -OCH3 is 1. The van der Waals surface area contributed by atoms with Gasteiger partial charge in [-0.1, -0.05) is 24.3 Å². The molecule has 0 atom stereocenters. The van der Waals surface area contributed by atoms with Gasteiger partial charge in [0, 0.05) is 18.7 Å². The average Bonchev–Trinajstić information content (AvgIpc) is 3.03. The first-order chi connectivity index (χ1) is 11.2. The minimum atomic E-state index is -0.353. The second-order valence-electron chi connectivity index (χ2n) is 5.63. The van der Waals surface area contributed by atoms with Gasteiger partial charge in [0.15, 0.2) is 0 Å². The van der Waals surface area contributed by atoms with Crippen molar-refractivity contribution in [3.8, 4) is 0 Å². The van der Waals surface area contributed by atoms with Gasteiger partial charge in [-0.15, -0.1) is 0 Å². The van der Waals surface area contributed by atoms with Crippen molar-refractivity contribution in [2.45, 2.75) is 19.8 Å². The smallest absolute Gasteiger partial charge is 0.340 e. The molecule has 1 saturated heterocycles. The van der Waals surface area contributed by atoms with Gasteiger partial charge in [0.2, 0.25) is 0 Å². The van der Waals surface area contributed by atoms with Crippen LogP contribution in [0.2, 0.25) is 0 Å². The van der Waals surface area contributed by atoms with Crippen molar-refractivity contribution in [1.82, 2.24) is 0 Å². The molecule has 0 aromatic heterocycles. The molecule has 0 spiro atoms. The standard InChI is InChI=1S/C19H20N2O2/c1-14-10-11-16(19(22)23-2)17(13-14)20-18-9-6-12-21(18)15-7-4-3-5-8-15/h3-5,7-8,10-11,13H,6,9,12H2,1-2H3. The Morgan fingerprint density at radius 2 is 1.96 bits per heavy atom. The summed E-state index contributed by atoms with van der Waals surface area (Å²) in [6.07, 6.45) is 1.97. The number of carbonyl (C=O) groups is 1. The fourth-order valence-corrected chi connectivity index (χ4v) is 2.82. The first-order valence-corrected chi connectivity index (χ1v) is 7.78. The van der Waals surface area contributed by atoms with Gasteiger partial charge in [0.05, 0.1) is 18.4 Å². The van der Waals surface area contributed by atoms with Crippen molar-refractivity contribution >= 4 is 23.2 Å². The minimum Gasteiger partial charge on any atom is -0.465 e. The molecular weight excluding hydrogens is 288 g/mol. The van der Waals surface area contributed by atoms with Crippen molar-refractivity contribution in [2.24, 2.45) is 4.99 Å². The second kappa shape index (κ2) is 6.65. The van der Waals surface area contributed by atoms with E-state index in [-0.39, 0.29) is 5.97 Å². The molecule has 3 rings (SSSR count). The average molecular weight is 308 g/mol. The summed E-state index contributed by atoms with van der Waals surface area (Å²) >= 11 is 0. The van der Waals surface area contributed by atoms with Crippen LogP contribution in [-0.2, 0) is 4.74 Å². The highest BCUT2D eigenvalue weighted by Gasteiger charge is 2.21. The van der Waals surface area contributed by atoms with Crippen LogP contribution in [0.3, 0.4) is 0 Å². The number of rotatable bonds is 3. The lowest BCUT2D eigenvalue weighted by Gasteiger charge is -2.19. The first-order valence-electron chi connectivity index (χ1n) is 7.78. The van der Waals surface area contributed by atoms with Gasteiger partial charge in [-0.3, -0.25) is 0 Å². The Kier molecular flexibility index (Phi) is 4.42. The summed E-state index contributed by atoms with van der Waals surface area (Å²) in [7, 11) is 1.39. The number of esters is 1. The lowest BCUT2D eigenvalue weighted by molar-refractivity contribution is 0.0601. The number of benzene rings is 2. The molecule has 118 valence electrons. The van der Waals surface area contributed by atoms with E-state index in [4.69, 9.17) is 9.73 Å². The third-order valence-corrected chi connectivity index (χ3v) is 3.97. The number of nitrogens with zero attached hydrogens (tertiary/aromatic N) is 2. The van der Waals surface area contributed by atoms with Gasteiger partial charge in [-0.05, 0) is 43.2 Å². The molecule has 2 aromatic rings. The summed E-state index contributed by atoms with van der Waals surface area (Å²) in [6, 6.07) is 15.8. The SMILES string of the molecule is COC(=O)c1ccc(C)cc1N=C1CCCN1c1ccccc1. The van der Waals surface area contributed by atoms with E-state index in [1.165, 1.54) is 7.11 Å². The Labute approximate surface area is 136 Å². The molecule has 4 heteroatoms. The van der Waals surface area contributed by atoms with Crippen LogP contribution in [0.15, 0.2) is 53.5 Å². The van der Waals surface area contributed by atoms with E-state index in [2.05, 4.69) is 17.0 Å². The molecule has 2 aromatic carbocycles. The van der Waals surface area contributed by atoms with Gasteiger partial charge in [-0.25, -0.2) is 9.79 Å². The summed E-state index contributed by atoms with van der Waals surface area (Å²) < 4.78 is 4.87. The van der Waals surface area contributed by atoms with E-state index in [1.807, 2.05) is 37.3 Å². The van der Waals surface area contributed by atoms with Crippen molar-refractivity contribution in [3.63, 3.8) is 0 Å². The number of aliphatic imine (C=N–C) groups is 1. The van der Waals surface area contributed by atoms with Gasteiger partial charge in [-0.2, -0.15) is 0 Å². The fraction of sp³-hybridized carbons (Fsp3) is 0.263. The maximum absolute atomic E-state index is 12.0. The third-order valence-electron chi connectivity index (χ3n) is 3.97. The number of hydrogen-bond donors (Lipinski definition) is 0. The van der Waals surface area contributed by atoms with Gasteiger partial charge in [0.25, 0.3) is 0 Å².